The Bertz CT molecular complexity index is 1490. The number of H-pyrrole nitrogens is 1. The van der Waals surface area contributed by atoms with Crippen molar-refractivity contribution in [2.75, 3.05) is 19.6 Å². The van der Waals surface area contributed by atoms with Gasteiger partial charge in [0, 0.05) is 34.9 Å². The highest BCUT2D eigenvalue weighted by Gasteiger charge is 2.56. The zero-order chi connectivity index (χ0) is 25.7. The highest BCUT2D eigenvalue weighted by atomic mass is 35.5. The second-order valence-corrected chi connectivity index (χ2v) is 10.7. The van der Waals surface area contributed by atoms with Crippen molar-refractivity contribution in [3.63, 3.8) is 0 Å². The van der Waals surface area contributed by atoms with E-state index in [1.54, 1.807) is 4.90 Å². The van der Waals surface area contributed by atoms with Gasteiger partial charge >= 0.3 is 0 Å². The van der Waals surface area contributed by atoms with E-state index in [0.717, 1.165) is 39.7 Å². The van der Waals surface area contributed by atoms with Crippen molar-refractivity contribution in [3.05, 3.63) is 106 Å². The van der Waals surface area contributed by atoms with Crippen LogP contribution in [0.1, 0.15) is 47.7 Å². The van der Waals surface area contributed by atoms with Crippen molar-refractivity contribution >= 4 is 34.3 Å². The number of benzene rings is 3. The van der Waals surface area contributed by atoms with Gasteiger partial charge in [-0.25, -0.2) is 0 Å². The molecule has 0 saturated carbocycles. The maximum absolute atomic E-state index is 14.2. The van der Waals surface area contributed by atoms with Gasteiger partial charge in [-0.1, -0.05) is 73.1 Å². The summed E-state index contributed by atoms with van der Waals surface area (Å²) in [7, 11) is 0. The molecule has 0 bridgehead atoms. The van der Waals surface area contributed by atoms with E-state index in [1.807, 2.05) is 54.3 Å². The number of nitrogens with one attached hydrogen (secondary N) is 1. The van der Waals surface area contributed by atoms with Crippen molar-refractivity contribution in [3.8, 4) is 0 Å². The predicted octanol–water partition coefficient (Wildman–Crippen LogP) is 5.66. The fraction of sp³-hybridized carbons (Fsp3) is 0.290. The van der Waals surface area contributed by atoms with E-state index in [9.17, 15) is 9.59 Å². The molecule has 3 heterocycles. The second kappa shape index (κ2) is 9.07. The van der Waals surface area contributed by atoms with E-state index in [0.29, 0.717) is 24.5 Å². The molecular weight excluding hydrogens is 482 g/mol. The Hall–Kier alpha value is -3.57. The maximum atomic E-state index is 14.2. The summed E-state index contributed by atoms with van der Waals surface area (Å²) in [4.78, 5) is 34.9. The van der Waals surface area contributed by atoms with Crippen LogP contribution in [0.4, 0.5) is 0 Å². The van der Waals surface area contributed by atoms with E-state index in [-0.39, 0.29) is 24.3 Å². The smallest absolute Gasteiger partial charge is 0.254 e. The zero-order valence-corrected chi connectivity index (χ0v) is 21.9. The molecule has 188 valence electrons. The Morgan fingerprint density at radius 2 is 1.68 bits per heavy atom. The summed E-state index contributed by atoms with van der Waals surface area (Å²) in [5.74, 6) is -0.0613. The zero-order valence-electron chi connectivity index (χ0n) is 21.1. The number of halogens is 1. The number of aromatic nitrogens is 1. The van der Waals surface area contributed by atoms with Crippen LogP contribution >= 0.6 is 11.6 Å². The molecule has 1 aromatic heterocycles. The number of aryl methyl sites for hydroxylation is 1. The van der Waals surface area contributed by atoms with Crippen LogP contribution in [-0.2, 0) is 28.0 Å². The van der Waals surface area contributed by atoms with E-state index < -0.39 is 5.54 Å². The number of para-hydroxylation sites is 1. The van der Waals surface area contributed by atoms with Crippen LogP contribution in [0, 0.1) is 0 Å². The fourth-order valence-electron chi connectivity index (χ4n) is 6.06. The van der Waals surface area contributed by atoms with Crippen molar-refractivity contribution < 1.29 is 9.59 Å². The first-order chi connectivity index (χ1) is 17.9. The van der Waals surface area contributed by atoms with Crippen LogP contribution in [0.15, 0.2) is 72.8 Å². The quantitative estimate of drug-likeness (QED) is 0.376. The highest BCUT2D eigenvalue weighted by molar-refractivity contribution is 6.30. The van der Waals surface area contributed by atoms with Gasteiger partial charge in [0.25, 0.3) is 5.91 Å². The SMILES string of the molecule is CCc1ccc([C@H]2CN3C(=O)CN(CCc4ccc(Cl)cc4)C(=O)[C@]3(C)c3[nH]c4ccccc4c32)cc1. The van der Waals surface area contributed by atoms with Gasteiger partial charge in [0.1, 0.15) is 0 Å². The van der Waals surface area contributed by atoms with E-state index >= 15 is 0 Å². The van der Waals surface area contributed by atoms with Gasteiger partial charge in [0.2, 0.25) is 5.91 Å². The Labute approximate surface area is 222 Å². The van der Waals surface area contributed by atoms with Gasteiger partial charge in [-0.05, 0) is 60.2 Å². The Morgan fingerprint density at radius 3 is 2.41 bits per heavy atom. The topological polar surface area (TPSA) is 56.4 Å². The van der Waals surface area contributed by atoms with Crippen LogP contribution in [0.25, 0.3) is 10.9 Å². The third-order valence-corrected chi connectivity index (χ3v) is 8.44. The number of piperazine rings is 1. The maximum Gasteiger partial charge on any atom is 0.254 e. The van der Waals surface area contributed by atoms with Gasteiger partial charge in [-0.3, -0.25) is 9.59 Å². The van der Waals surface area contributed by atoms with E-state index in [1.165, 1.54) is 5.56 Å². The molecular formula is C31H30ClN3O2. The number of carbonyl (C=O) groups excluding carboxylic acids is 2. The highest BCUT2D eigenvalue weighted by Crippen LogP contribution is 2.48. The number of hydrogen-bond acceptors (Lipinski definition) is 2. The molecule has 1 fully saturated rings. The monoisotopic (exact) mass is 511 g/mol. The lowest BCUT2D eigenvalue weighted by Gasteiger charge is -2.51. The fourth-order valence-corrected chi connectivity index (χ4v) is 6.18. The number of aromatic amines is 1. The van der Waals surface area contributed by atoms with Crippen LogP contribution < -0.4 is 0 Å². The lowest BCUT2D eigenvalue weighted by molar-refractivity contribution is -0.166. The molecule has 2 aliphatic rings. The number of carbonyl (C=O) groups is 2. The number of rotatable bonds is 5. The molecule has 2 atom stereocenters. The first-order valence-electron chi connectivity index (χ1n) is 12.9. The number of amides is 2. The molecule has 0 radical (unpaired) electrons. The summed E-state index contributed by atoms with van der Waals surface area (Å²) in [6.07, 6.45) is 1.64. The van der Waals surface area contributed by atoms with Gasteiger partial charge in [-0.2, -0.15) is 0 Å². The average molecular weight is 512 g/mol. The molecule has 2 amide bonds. The minimum absolute atomic E-state index is 0.0116. The molecule has 6 heteroatoms. The summed E-state index contributed by atoms with van der Waals surface area (Å²) in [6.45, 7) is 5.11. The minimum Gasteiger partial charge on any atom is -0.356 e. The van der Waals surface area contributed by atoms with Crippen LogP contribution in [0.5, 0.6) is 0 Å². The van der Waals surface area contributed by atoms with Crippen LogP contribution in [0.2, 0.25) is 5.02 Å². The summed E-state index contributed by atoms with van der Waals surface area (Å²) in [6, 6.07) is 24.5. The van der Waals surface area contributed by atoms with Crippen molar-refractivity contribution in [1.82, 2.24) is 14.8 Å². The third kappa shape index (κ3) is 3.84. The molecule has 2 aliphatic heterocycles. The average Bonchev–Trinajstić information content (AvgIpc) is 3.32. The molecule has 0 aliphatic carbocycles. The predicted molar refractivity (Wildman–Crippen MR) is 147 cm³/mol. The summed E-state index contributed by atoms with van der Waals surface area (Å²) < 4.78 is 0. The lowest BCUT2D eigenvalue weighted by atomic mass is 9.76. The lowest BCUT2D eigenvalue weighted by Crippen LogP contribution is -2.67. The molecule has 3 aromatic carbocycles. The summed E-state index contributed by atoms with van der Waals surface area (Å²) in [5.41, 5.74) is 5.40. The second-order valence-electron chi connectivity index (χ2n) is 10.3. The van der Waals surface area contributed by atoms with E-state index in [2.05, 4.69) is 42.2 Å². The number of fused-ring (bicyclic) bond motifs is 5. The largest absolute Gasteiger partial charge is 0.356 e. The number of hydrogen-bond donors (Lipinski definition) is 1. The van der Waals surface area contributed by atoms with Crippen LogP contribution in [-0.4, -0.2) is 46.2 Å². The summed E-state index contributed by atoms with van der Waals surface area (Å²) >= 11 is 6.03. The third-order valence-electron chi connectivity index (χ3n) is 8.19. The summed E-state index contributed by atoms with van der Waals surface area (Å²) in [5, 5.41) is 1.80. The van der Waals surface area contributed by atoms with Gasteiger partial charge < -0.3 is 14.8 Å². The molecule has 0 unspecified atom stereocenters. The molecule has 37 heavy (non-hydrogen) atoms. The minimum atomic E-state index is -1.08. The first kappa shape index (κ1) is 23.8. The van der Waals surface area contributed by atoms with Gasteiger partial charge in [0.05, 0.1) is 12.2 Å². The molecule has 6 rings (SSSR count). The van der Waals surface area contributed by atoms with Crippen molar-refractivity contribution in [1.29, 1.82) is 0 Å². The Balaban J connectivity index is 1.42. The standard InChI is InChI=1S/C31H30ClN3O2/c1-3-20-8-12-22(13-9-20)25-18-35-27(36)19-34(17-16-21-10-14-23(32)15-11-21)30(37)31(35,2)29-28(25)24-6-4-5-7-26(24)33-29/h4-15,25,33H,3,16-19H2,1-2H3/t25-,31+/m1/s1. The first-order valence-corrected chi connectivity index (χ1v) is 13.3. The normalized spacial score (nSPS) is 21.3. The van der Waals surface area contributed by atoms with Gasteiger partial charge in [0.15, 0.2) is 5.54 Å². The molecule has 1 saturated heterocycles. The van der Waals surface area contributed by atoms with Crippen molar-refractivity contribution in [2.24, 2.45) is 0 Å². The van der Waals surface area contributed by atoms with Crippen LogP contribution in [0.3, 0.4) is 0 Å². The van der Waals surface area contributed by atoms with E-state index in [4.69, 9.17) is 11.6 Å². The van der Waals surface area contributed by atoms with Gasteiger partial charge in [-0.15, -0.1) is 0 Å². The Morgan fingerprint density at radius 1 is 0.973 bits per heavy atom. The molecule has 1 N–H and O–H groups in total. The molecule has 4 aromatic rings. The molecule has 0 spiro atoms. The Kier molecular flexibility index (Phi) is 5.84. The molecule has 5 nitrogen and oxygen atoms in total. The van der Waals surface area contributed by atoms with Crippen molar-refractivity contribution in [2.45, 2.75) is 38.1 Å². The number of nitrogens with zero attached hydrogens (tertiary/aromatic N) is 2.